The van der Waals surface area contributed by atoms with Gasteiger partial charge >= 0.3 is 0 Å². The molecular weight excluding hydrogens is 316 g/mol. The van der Waals surface area contributed by atoms with E-state index in [1.165, 1.54) is 0 Å². The summed E-state index contributed by atoms with van der Waals surface area (Å²) >= 11 is 0. The van der Waals surface area contributed by atoms with Crippen molar-refractivity contribution < 1.29 is 4.79 Å². The Morgan fingerprint density at radius 2 is 1.88 bits per heavy atom. The Labute approximate surface area is 143 Å². The molecular formula is C18H16N6O. The van der Waals surface area contributed by atoms with Crippen LogP contribution in [0.2, 0.25) is 0 Å². The minimum atomic E-state index is -0.173. The second-order valence-electron chi connectivity index (χ2n) is 5.70. The first-order chi connectivity index (χ1) is 12.3. The number of aromatic amines is 1. The van der Waals surface area contributed by atoms with E-state index in [2.05, 4.69) is 50.2 Å². The third kappa shape index (κ3) is 3.12. The normalized spacial score (nSPS) is 12.2. The van der Waals surface area contributed by atoms with Crippen molar-refractivity contribution in [2.45, 2.75) is 12.5 Å². The summed E-state index contributed by atoms with van der Waals surface area (Å²) in [5.74, 6) is 0.00205. The van der Waals surface area contributed by atoms with Crippen molar-refractivity contribution in [2.24, 2.45) is 0 Å². The van der Waals surface area contributed by atoms with E-state index in [4.69, 9.17) is 0 Å². The summed E-state index contributed by atoms with van der Waals surface area (Å²) in [5, 5.41) is 18.2. The van der Waals surface area contributed by atoms with E-state index in [-0.39, 0.29) is 24.3 Å². The van der Waals surface area contributed by atoms with Crippen LogP contribution in [0.25, 0.3) is 10.8 Å². The molecule has 1 atom stereocenters. The predicted molar refractivity (Wildman–Crippen MR) is 93.9 cm³/mol. The Morgan fingerprint density at radius 1 is 1.08 bits per heavy atom. The van der Waals surface area contributed by atoms with Gasteiger partial charge in [-0.3, -0.25) is 10.1 Å². The van der Waals surface area contributed by atoms with E-state index in [1.807, 2.05) is 47.3 Å². The van der Waals surface area contributed by atoms with E-state index in [9.17, 15) is 4.79 Å². The number of carbonyl (C=O) groups is 1. The smallest absolute Gasteiger partial charge is 0.269 e. The monoisotopic (exact) mass is 332 g/mol. The number of hydrogen-bond donors (Lipinski definition) is 2. The van der Waals surface area contributed by atoms with E-state index in [1.54, 1.807) is 0 Å². The molecule has 7 nitrogen and oxygen atoms in total. The Morgan fingerprint density at radius 3 is 2.68 bits per heavy atom. The molecule has 1 amide bonds. The van der Waals surface area contributed by atoms with Crippen molar-refractivity contribution in [3.8, 4) is 0 Å². The molecule has 2 N–H and O–H groups in total. The average Bonchev–Trinajstić information content (AvgIpc) is 3.33. The van der Waals surface area contributed by atoms with Crippen LogP contribution >= 0.6 is 0 Å². The molecule has 0 fully saturated rings. The minimum absolute atomic E-state index is 0.131. The van der Waals surface area contributed by atoms with Gasteiger partial charge in [0.15, 0.2) is 0 Å². The third-order valence-electron chi connectivity index (χ3n) is 4.15. The highest BCUT2D eigenvalue weighted by Gasteiger charge is 2.20. The maximum absolute atomic E-state index is 12.5. The molecule has 25 heavy (non-hydrogen) atoms. The van der Waals surface area contributed by atoms with Gasteiger partial charge in [0.2, 0.25) is 5.91 Å². The highest BCUT2D eigenvalue weighted by atomic mass is 16.1. The number of nitrogens with one attached hydrogen (secondary N) is 2. The maximum Gasteiger partial charge on any atom is 0.269 e. The molecule has 4 rings (SSSR count). The van der Waals surface area contributed by atoms with Crippen LogP contribution in [0.1, 0.15) is 18.0 Å². The van der Waals surface area contributed by atoms with Gasteiger partial charge in [0.25, 0.3) is 5.95 Å². The lowest BCUT2D eigenvalue weighted by Gasteiger charge is -2.20. The van der Waals surface area contributed by atoms with Gasteiger partial charge in [0, 0.05) is 12.4 Å². The van der Waals surface area contributed by atoms with Gasteiger partial charge in [-0.2, -0.15) is 5.21 Å². The van der Waals surface area contributed by atoms with E-state index in [0.29, 0.717) is 0 Å². The fourth-order valence-corrected chi connectivity index (χ4v) is 3.04. The molecule has 2 heterocycles. The number of tetrazole rings is 1. The number of carbonyl (C=O) groups excluding carboxylic acids is 1. The van der Waals surface area contributed by atoms with E-state index in [0.717, 1.165) is 16.3 Å². The van der Waals surface area contributed by atoms with Gasteiger partial charge in [-0.1, -0.05) is 47.6 Å². The number of H-pyrrole nitrogens is 1. The number of hydrogen-bond acceptors (Lipinski definition) is 4. The molecule has 2 aromatic heterocycles. The van der Waals surface area contributed by atoms with Crippen molar-refractivity contribution >= 4 is 22.6 Å². The van der Waals surface area contributed by atoms with Crippen molar-refractivity contribution in [3.63, 3.8) is 0 Å². The molecule has 0 bridgehead atoms. The van der Waals surface area contributed by atoms with Crippen molar-refractivity contribution in [2.75, 3.05) is 5.32 Å². The Kier molecular flexibility index (Phi) is 3.96. The number of amides is 1. The van der Waals surface area contributed by atoms with Crippen LogP contribution in [0.4, 0.5) is 5.95 Å². The summed E-state index contributed by atoms with van der Waals surface area (Å²) in [6, 6.07) is 18.1. The number of benzene rings is 2. The molecule has 124 valence electrons. The first kappa shape index (κ1) is 15.1. The second kappa shape index (κ2) is 6.56. The molecule has 0 aliphatic heterocycles. The van der Waals surface area contributed by atoms with Crippen molar-refractivity contribution in [3.05, 3.63) is 72.6 Å². The number of nitrogens with zero attached hydrogens (tertiary/aromatic N) is 4. The standard InChI is InChI=1S/C18H16N6O/c25-17(19-18-20-22-23-21-18)12-16(24-10-3-4-11-24)15-9-5-7-13-6-1-2-8-14(13)15/h1-11,16H,12H2,(H2,19,20,21,22,23,25)/t16-/m1/s1. The fraction of sp³-hybridized carbons (Fsp3) is 0.111. The lowest BCUT2D eigenvalue weighted by Crippen LogP contribution is -2.20. The van der Waals surface area contributed by atoms with Crippen molar-refractivity contribution in [1.82, 2.24) is 25.2 Å². The van der Waals surface area contributed by atoms with Crippen LogP contribution in [0.3, 0.4) is 0 Å². The number of rotatable bonds is 5. The van der Waals surface area contributed by atoms with Crippen LogP contribution in [-0.2, 0) is 4.79 Å². The Hall–Kier alpha value is -3.48. The molecule has 0 saturated carbocycles. The summed E-state index contributed by atoms with van der Waals surface area (Å²) in [7, 11) is 0. The molecule has 0 aliphatic rings. The zero-order chi connectivity index (χ0) is 17.1. The average molecular weight is 332 g/mol. The molecule has 0 aliphatic carbocycles. The predicted octanol–water partition coefficient (Wildman–Crippen LogP) is 2.77. The van der Waals surface area contributed by atoms with Crippen LogP contribution in [0.15, 0.2) is 67.0 Å². The molecule has 0 unspecified atom stereocenters. The quantitative estimate of drug-likeness (QED) is 0.588. The zero-order valence-corrected chi connectivity index (χ0v) is 13.3. The highest BCUT2D eigenvalue weighted by Crippen LogP contribution is 2.29. The van der Waals surface area contributed by atoms with Crippen LogP contribution in [0, 0.1) is 0 Å². The SMILES string of the molecule is O=C(C[C@H](c1cccc2ccccc12)n1cccc1)Nc1nn[nH]n1. The molecule has 0 saturated heterocycles. The lowest BCUT2D eigenvalue weighted by atomic mass is 9.96. The van der Waals surface area contributed by atoms with Crippen LogP contribution in [0.5, 0.6) is 0 Å². The topological polar surface area (TPSA) is 88.5 Å². The highest BCUT2D eigenvalue weighted by molar-refractivity contribution is 5.91. The van der Waals surface area contributed by atoms with Crippen molar-refractivity contribution in [1.29, 1.82) is 0 Å². The molecule has 7 heteroatoms. The van der Waals surface area contributed by atoms with Gasteiger partial charge in [0.1, 0.15) is 0 Å². The van der Waals surface area contributed by atoms with Gasteiger partial charge in [-0.25, -0.2) is 0 Å². The first-order valence-electron chi connectivity index (χ1n) is 7.94. The van der Waals surface area contributed by atoms with Gasteiger partial charge < -0.3 is 4.57 Å². The number of aromatic nitrogens is 5. The first-order valence-corrected chi connectivity index (χ1v) is 7.94. The number of anilines is 1. The van der Waals surface area contributed by atoms with Crippen LogP contribution in [-0.4, -0.2) is 31.1 Å². The molecule has 2 aromatic carbocycles. The van der Waals surface area contributed by atoms with Crippen LogP contribution < -0.4 is 5.32 Å². The summed E-state index contributed by atoms with van der Waals surface area (Å²) in [5.41, 5.74) is 1.09. The zero-order valence-electron chi connectivity index (χ0n) is 13.3. The lowest BCUT2D eigenvalue weighted by molar-refractivity contribution is -0.116. The second-order valence-corrected chi connectivity index (χ2v) is 5.70. The largest absolute Gasteiger partial charge is 0.346 e. The van der Waals surface area contributed by atoms with Gasteiger partial charge in [0.05, 0.1) is 12.5 Å². The molecule has 0 radical (unpaired) electrons. The summed E-state index contributed by atoms with van der Waals surface area (Å²) < 4.78 is 2.04. The fourth-order valence-electron chi connectivity index (χ4n) is 3.04. The van der Waals surface area contributed by atoms with E-state index < -0.39 is 0 Å². The van der Waals surface area contributed by atoms with E-state index >= 15 is 0 Å². The number of fused-ring (bicyclic) bond motifs is 1. The summed E-state index contributed by atoms with van der Waals surface area (Å²) in [6.07, 6.45) is 4.19. The minimum Gasteiger partial charge on any atom is -0.346 e. The summed E-state index contributed by atoms with van der Waals surface area (Å²) in [6.45, 7) is 0. The maximum atomic E-state index is 12.5. The van der Waals surface area contributed by atoms with Gasteiger partial charge in [-0.05, 0) is 33.7 Å². The molecule has 4 aromatic rings. The third-order valence-corrected chi connectivity index (χ3v) is 4.15. The Balaban J connectivity index is 1.70. The Bertz CT molecular complexity index is 973. The summed E-state index contributed by atoms with van der Waals surface area (Å²) in [4.78, 5) is 12.5. The van der Waals surface area contributed by atoms with Gasteiger partial charge in [-0.15, -0.1) is 5.10 Å². The molecule has 0 spiro atoms.